The van der Waals surface area contributed by atoms with Gasteiger partial charge in [-0.2, -0.15) is 0 Å². The zero-order valence-corrected chi connectivity index (χ0v) is 12.8. The van der Waals surface area contributed by atoms with Crippen molar-refractivity contribution in [1.82, 2.24) is 14.5 Å². The van der Waals surface area contributed by atoms with Crippen molar-refractivity contribution < 1.29 is 9.13 Å². The molecule has 5 nitrogen and oxygen atoms in total. The highest BCUT2D eigenvalue weighted by molar-refractivity contribution is 5.46. The molecule has 0 amide bonds. The molecule has 1 fully saturated rings. The summed E-state index contributed by atoms with van der Waals surface area (Å²) in [6.45, 7) is 3.18. The molecule has 2 aromatic heterocycles. The van der Waals surface area contributed by atoms with E-state index < -0.39 is 0 Å². The number of hydrogen-bond acceptors (Lipinski definition) is 4. The Balaban J connectivity index is 1.65. The van der Waals surface area contributed by atoms with E-state index in [-0.39, 0.29) is 5.82 Å². The van der Waals surface area contributed by atoms with E-state index in [4.69, 9.17) is 4.74 Å². The van der Waals surface area contributed by atoms with Crippen LogP contribution in [0, 0.1) is 5.82 Å². The van der Waals surface area contributed by atoms with Crippen molar-refractivity contribution in [3.63, 3.8) is 0 Å². The molecule has 0 N–H and O–H groups in total. The first-order valence-corrected chi connectivity index (χ1v) is 7.64. The van der Waals surface area contributed by atoms with Crippen molar-refractivity contribution in [2.45, 2.75) is 25.3 Å². The van der Waals surface area contributed by atoms with E-state index in [2.05, 4.69) is 19.4 Å². The van der Waals surface area contributed by atoms with Crippen LogP contribution in [0.2, 0.25) is 0 Å². The van der Waals surface area contributed by atoms with E-state index >= 15 is 0 Å². The molecule has 0 unspecified atom stereocenters. The molecule has 3 heterocycles. The van der Waals surface area contributed by atoms with Crippen LogP contribution in [0.3, 0.4) is 0 Å². The lowest BCUT2D eigenvalue weighted by Crippen LogP contribution is -2.34. The van der Waals surface area contributed by atoms with Crippen molar-refractivity contribution in [3.8, 4) is 0 Å². The first kappa shape index (κ1) is 15.0. The molecule has 1 aliphatic rings. The molecule has 1 saturated heterocycles. The van der Waals surface area contributed by atoms with E-state index in [1.807, 2.05) is 12.4 Å². The second kappa shape index (κ2) is 6.87. The van der Waals surface area contributed by atoms with Crippen molar-refractivity contribution in [2.24, 2.45) is 0 Å². The number of imidazole rings is 1. The Morgan fingerprint density at radius 1 is 1.32 bits per heavy atom. The van der Waals surface area contributed by atoms with E-state index in [1.54, 1.807) is 19.4 Å². The van der Waals surface area contributed by atoms with Gasteiger partial charge in [0.1, 0.15) is 5.82 Å². The van der Waals surface area contributed by atoms with Crippen LogP contribution in [0.15, 0.2) is 30.9 Å². The van der Waals surface area contributed by atoms with Crippen LogP contribution in [0.5, 0.6) is 0 Å². The minimum atomic E-state index is -0.248. The van der Waals surface area contributed by atoms with E-state index in [1.165, 1.54) is 6.20 Å². The molecule has 118 valence electrons. The van der Waals surface area contributed by atoms with Gasteiger partial charge in [-0.15, -0.1) is 0 Å². The highest BCUT2D eigenvalue weighted by Crippen LogP contribution is 2.30. The molecule has 22 heavy (non-hydrogen) atoms. The van der Waals surface area contributed by atoms with Crippen LogP contribution in [-0.2, 0) is 11.3 Å². The Morgan fingerprint density at radius 2 is 2.14 bits per heavy atom. The van der Waals surface area contributed by atoms with Gasteiger partial charge < -0.3 is 14.2 Å². The summed E-state index contributed by atoms with van der Waals surface area (Å²) in [6, 6.07) is 1.75. The average molecular weight is 304 g/mol. The van der Waals surface area contributed by atoms with Crippen LogP contribution < -0.4 is 4.90 Å². The van der Waals surface area contributed by atoms with E-state index in [0.717, 1.165) is 38.3 Å². The molecule has 0 atom stereocenters. The number of hydrogen-bond donors (Lipinski definition) is 0. The number of pyridine rings is 1. The maximum Gasteiger partial charge on any atom is 0.164 e. The molecule has 2 aromatic rings. The largest absolute Gasteiger partial charge is 0.383 e. The van der Waals surface area contributed by atoms with Crippen molar-refractivity contribution in [1.29, 1.82) is 0 Å². The molecule has 6 heteroatoms. The van der Waals surface area contributed by atoms with Gasteiger partial charge in [-0.1, -0.05) is 0 Å². The predicted molar refractivity (Wildman–Crippen MR) is 82.5 cm³/mol. The van der Waals surface area contributed by atoms with Gasteiger partial charge in [0, 0.05) is 51.3 Å². The highest BCUT2D eigenvalue weighted by atomic mass is 19.1. The smallest absolute Gasteiger partial charge is 0.164 e. The lowest BCUT2D eigenvalue weighted by Gasteiger charge is -2.33. The second-order valence-corrected chi connectivity index (χ2v) is 5.56. The standard InChI is InChI=1S/C16H21FN4O/c1-22-11-10-21-9-6-19-16(21)13-3-7-20(8-4-13)15-2-5-18-12-14(15)17/h2,5-6,9,12-13H,3-4,7-8,10-11H2,1H3. The monoisotopic (exact) mass is 304 g/mol. The Bertz CT molecular complexity index is 608. The topological polar surface area (TPSA) is 43.2 Å². The average Bonchev–Trinajstić information content (AvgIpc) is 3.02. The molecule has 1 aliphatic heterocycles. The Labute approximate surface area is 129 Å². The molecule has 0 saturated carbocycles. The second-order valence-electron chi connectivity index (χ2n) is 5.56. The Kier molecular flexibility index (Phi) is 4.68. The van der Waals surface area contributed by atoms with Gasteiger partial charge in [-0.25, -0.2) is 9.37 Å². The quantitative estimate of drug-likeness (QED) is 0.851. The molecule has 0 bridgehead atoms. The van der Waals surface area contributed by atoms with E-state index in [9.17, 15) is 4.39 Å². The zero-order chi connectivity index (χ0) is 15.4. The Morgan fingerprint density at radius 3 is 2.86 bits per heavy atom. The maximum atomic E-state index is 13.8. The fraction of sp³-hybridized carbons (Fsp3) is 0.500. The lowest BCUT2D eigenvalue weighted by molar-refractivity contribution is 0.185. The molecule has 3 rings (SSSR count). The summed E-state index contributed by atoms with van der Waals surface area (Å²) in [5.74, 6) is 1.29. The van der Waals surface area contributed by atoms with Crippen LogP contribution in [0.1, 0.15) is 24.6 Å². The molecule has 0 aliphatic carbocycles. The normalized spacial score (nSPS) is 16.2. The van der Waals surface area contributed by atoms with E-state index in [0.29, 0.717) is 18.2 Å². The van der Waals surface area contributed by atoms with Crippen LogP contribution in [0.25, 0.3) is 0 Å². The summed E-state index contributed by atoms with van der Waals surface area (Å²) in [4.78, 5) is 10.4. The van der Waals surface area contributed by atoms with Crippen molar-refractivity contribution in [3.05, 3.63) is 42.5 Å². The molecular weight excluding hydrogens is 283 g/mol. The molecule has 0 radical (unpaired) electrons. The Hall–Kier alpha value is -1.95. The fourth-order valence-corrected chi connectivity index (χ4v) is 3.06. The number of nitrogens with zero attached hydrogens (tertiary/aromatic N) is 4. The number of ether oxygens (including phenoxy) is 1. The van der Waals surface area contributed by atoms with Crippen LogP contribution in [0.4, 0.5) is 10.1 Å². The van der Waals surface area contributed by atoms with Gasteiger partial charge in [0.05, 0.1) is 18.5 Å². The predicted octanol–water partition coefficient (Wildman–Crippen LogP) is 2.45. The van der Waals surface area contributed by atoms with Crippen molar-refractivity contribution >= 4 is 5.69 Å². The summed E-state index contributed by atoms with van der Waals surface area (Å²) in [5.41, 5.74) is 0.649. The van der Waals surface area contributed by atoms with Crippen LogP contribution >= 0.6 is 0 Å². The third kappa shape index (κ3) is 3.11. The molecule has 0 aromatic carbocycles. The number of piperidine rings is 1. The molecule has 0 spiro atoms. The minimum Gasteiger partial charge on any atom is -0.383 e. The van der Waals surface area contributed by atoms with Gasteiger partial charge in [-0.3, -0.25) is 4.98 Å². The van der Waals surface area contributed by atoms with Crippen molar-refractivity contribution in [2.75, 3.05) is 31.7 Å². The summed E-state index contributed by atoms with van der Waals surface area (Å²) in [7, 11) is 1.71. The lowest BCUT2D eigenvalue weighted by atomic mass is 9.95. The van der Waals surface area contributed by atoms with Gasteiger partial charge >= 0.3 is 0 Å². The number of anilines is 1. The third-order valence-corrected chi connectivity index (χ3v) is 4.24. The summed E-state index contributed by atoms with van der Waals surface area (Å²) in [6.07, 6.45) is 8.72. The maximum absolute atomic E-state index is 13.8. The minimum absolute atomic E-state index is 0.248. The van der Waals surface area contributed by atoms with Gasteiger partial charge in [0.15, 0.2) is 5.82 Å². The first-order chi connectivity index (χ1) is 10.8. The SMILES string of the molecule is COCCn1ccnc1C1CCN(c2ccncc2F)CC1. The number of methoxy groups -OCH3 is 1. The first-order valence-electron chi connectivity index (χ1n) is 7.64. The number of aromatic nitrogens is 3. The highest BCUT2D eigenvalue weighted by Gasteiger charge is 2.25. The van der Waals surface area contributed by atoms with Gasteiger partial charge in [-0.05, 0) is 18.9 Å². The number of rotatable bonds is 5. The summed E-state index contributed by atoms with van der Waals surface area (Å²) in [5, 5.41) is 0. The summed E-state index contributed by atoms with van der Waals surface area (Å²) < 4.78 is 21.1. The van der Waals surface area contributed by atoms with Crippen LogP contribution in [-0.4, -0.2) is 41.3 Å². The van der Waals surface area contributed by atoms with Gasteiger partial charge in [0.2, 0.25) is 0 Å². The third-order valence-electron chi connectivity index (χ3n) is 4.24. The molecular formula is C16H21FN4O. The number of halogens is 1. The summed E-state index contributed by atoms with van der Waals surface area (Å²) >= 11 is 0. The fourth-order valence-electron chi connectivity index (χ4n) is 3.06. The van der Waals surface area contributed by atoms with Gasteiger partial charge in [0.25, 0.3) is 0 Å². The zero-order valence-electron chi connectivity index (χ0n) is 12.8.